The topological polar surface area (TPSA) is 12.9 Å². The Morgan fingerprint density at radius 2 is 2.29 bits per heavy atom. The molecule has 0 saturated heterocycles. The molecular formula is C10H13ClFNS. The van der Waals surface area contributed by atoms with Crippen LogP contribution in [-0.2, 0) is 0 Å². The zero-order valence-corrected chi connectivity index (χ0v) is 9.67. The average Bonchev–Trinajstić information content (AvgIpc) is 2.15. The molecule has 1 nitrogen and oxygen atoms in total. The van der Waals surface area contributed by atoms with Gasteiger partial charge >= 0.3 is 0 Å². The van der Waals surface area contributed by atoms with Crippen molar-refractivity contribution < 1.29 is 4.39 Å². The van der Waals surface area contributed by atoms with Crippen LogP contribution in [0.3, 0.4) is 0 Å². The third kappa shape index (κ3) is 3.84. The number of hydrogen-bond acceptors (Lipinski definition) is 2. The van der Waals surface area contributed by atoms with Gasteiger partial charge in [-0.15, -0.1) is 11.8 Å². The van der Waals surface area contributed by atoms with Crippen LogP contribution in [0.5, 0.6) is 0 Å². The molecule has 0 radical (unpaired) electrons. The van der Waals surface area contributed by atoms with E-state index in [1.807, 2.05) is 0 Å². The Labute approximate surface area is 93.1 Å². The van der Waals surface area contributed by atoms with Crippen molar-refractivity contribution >= 4 is 23.4 Å². The molecule has 0 fully saturated rings. The van der Waals surface area contributed by atoms with Crippen LogP contribution in [0.15, 0.2) is 17.3 Å². The lowest BCUT2D eigenvalue weighted by molar-refractivity contribution is 0.588. The van der Waals surface area contributed by atoms with Crippen molar-refractivity contribution in [1.29, 1.82) is 0 Å². The monoisotopic (exact) mass is 233 g/mol. The lowest BCUT2D eigenvalue weighted by Gasteiger charge is -2.01. The van der Waals surface area contributed by atoms with Crippen molar-refractivity contribution in [3.8, 4) is 0 Å². The molecule has 0 aliphatic carbocycles. The van der Waals surface area contributed by atoms with Crippen LogP contribution >= 0.6 is 23.4 Å². The number of nitrogens with zero attached hydrogens (tertiary/aromatic N) is 1. The number of halogens is 2. The Hall–Kier alpha value is -0.280. The highest BCUT2D eigenvalue weighted by Crippen LogP contribution is 2.22. The number of thioether (sulfide) groups is 1. The molecule has 0 bridgehead atoms. The number of aromatic nitrogens is 1. The van der Waals surface area contributed by atoms with Crippen molar-refractivity contribution in [2.45, 2.75) is 31.2 Å². The minimum Gasteiger partial charge on any atom is -0.245 e. The summed E-state index contributed by atoms with van der Waals surface area (Å²) in [5.41, 5.74) is 0. The number of pyridine rings is 1. The van der Waals surface area contributed by atoms with Gasteiger partial charge in [-0.3, -0.25) is 0 Å². The molecule has 0 unspecified atom stereocenters. The van der Waals surface area contributed by atoms with Gasteiger partial charge in [0.2, 0.25) is 0 Å². The van der Waals surface area contributed by atoms with Crippen molar-refractivity contribution in [2.24, 2.45) is 0 Å². The fourth-order valence-corrected chi connectivity index (χ4v) is 2.04. The van der Waals surface area contributed by atoms with E-state index >= 15 is 0 Å². The molecule has 0 N–H and O–H groups in total. The van der Waals surface area contributed by atoms with Gasteiger partial charge in [0.1, 0.15) is 5.03 Å². The van der Waals surface area contributed by atoms with Crippen molar-refractivity contribution in [2.75, 3.05) is 5.75 Å². The molecule has 0 spiro atoms. The zero-order valence-electron chi connectivity index (χ0n) is 8.09. The largest absolute Gasteiger partial charge is 0.245 e. The fourth-order valence-electron chi connectivity index (χ4n) is 1.03. The van der Waals surface area contributed by atoms with Gasteiger partial charge in [0, 0.05) is 6.20 Å². The summed E-state index contributed by atoms with van der Waals surface area (Å²) in [7, 11) is 0. The third-order valence-corrected chi connectivity index (χ3v) is 3.03. The van der Waals surface area contributed by atoms with Crippen LogP contribution in [-0.4, -0.2) is 10.7 Å². The second kappa shape index (κ2) is 6.25. The zero-order chi connectivity index (χ0) is 10.4. The molecule has 0 saturated carbocycles. The molecule has 0 aliphatic rings. The van der Waals surface area contributed by atoms with Gasteiger partial charge in [-0.05, 0) is 18.2 Å². The quantitative estimate of drug-likeness (QED) is 0.560. The molecular weight excluding hydrogens is 221 g/mol. The first-order valence-corrected chi connectivity index (χ1v) is 6.04. The second-order valence-corrected chi connectivity index (χ2v) is 4.52. The predicted molar refractivity (Wildman–Crippen MR) is 59.5 cm³/mol. The van der Waals surface area contributed by atoms with E-state index in [1.54, 1.807) is 0 Å². The maximum atomic E-state index is 13.2. The van der Waals surface area contributed by atoms with Gasteiger partial charge in [0.05, 0.1) is 5.02 Å². The summed E-state index contributed by atoms with van der Waals surface area (Å²) in [6.45, 7) is 2.14. The van der Waals surface area contributed by atoms with Gasteiger partial charge in [0.15, 0.2) is 5.82 Å². The van der Waals surface area contributed by atoms with Gasteiger partial charge in [-0.2, -0.15) is 0 Å². The summed E-state index contributed by atoms with van der Waals surface area (Å²) < 4.78 is 13.2. The molecule has 14 heavy (non-hydrogen) atoms. The number of unbranched alkanes of at least 4 members (excludes halogenated alkanes) is 2. The van der Waals surface area contributed by atoms with E-state index < -0.39 is 0 Å². The summed E-state index contributed by atoms with van der Waals surface area (Å²) in [6.07, 6.45) is 4.94. The third-order valence-electron chi connectivity index (χ3n) is 1.76. The number of hydrogen-bond donors (Lipinski definition) is 0. The van der Waals surface area contributed by atoms with Crippen LogP contribution in [0.4, 0.5) is 4.39 Å². The van der Waals surface area contributed by atoms with E-state index in [0.29, 0.717) is 10.0 Å². The molecule has 1 heterocycles. The van der Waals surface area contributed by atoms with Crippen molar-refractivity contribution in [3.63, 3.8) is 0 Å². The molecule has 1 aromatic rings. The Kier molecular flexibility index (Phi) is 5.26. The summed E-state index contributed by atoms with van der Waals surface area (Å²) in [5.74, 6) is 0.596. The fraction of sp³-hybridized carbons (Fsp3) is 0.500. The molecule has 1 rings (SSSR count). The Morgan fingerprint density at radius 1 is 1.50 bits per heavy atom. The van der Waals surface area contributed by atoms with Crippen molar-refractivity contribution in [1.82, 2.24) is 4.98 Å². The molecule has 0 amide bonds. The predicted octanol–water partition coefficient (Wildman–Crippen LogP) is 4.16. The van der Waals surface area contributed by atoms with Crippen LogP contribution in [0.1, 0.15) is 26.2 Å². The van der Waals surface area contributed by atoms with Gasteiger partial charge in [-0.1, -0.05) is 31.4 Å². The highest BCUT2D eigenvalue weighted by Gasteiger charge is 2.04. The first-order valence-electron chi connectivity index (χ1n) is 4.68. The molecule has 0 aliphatic heterocycles. The molecule has 4 heteroatoms. The smallest absolute Gasteiger partial charge is 0.156 e. The van der Waals surface area contributed by atoms with Crippen LogP contribution in [0, 0.1) is 5.82 Å². The lowest BCUT2D eigenvalue weighted by Crippen LogP contribution is -1.88. The minimum atomic E-state index is -0.320. The summed E-state index contributed by atoms with van der Waals surface area (Å²) in [4.78, 5) is 3.93. The second-order valence-electron chi connectivity index (χ2n) is 3.00. The Morgan fingerprint density at radius 3 is 2.93 bits per heavy atom. The Bertz CT molecular complexity index is 293. The molecule has 0 atom stereocenters. The Balaban J connectivity index is 2.42. The van der Waals surface area contributed by atoms with Gasteiger partial charge < -0.3 is 0 Å². The maximum absolute atomic E-state index is 13.2. The first kappa shape index (κ1) is 11.8. The lowest BCUT2D eigenvalue weighted by atomic mass is 10.3. The summed E-state index contributed by atoms with van der Waals surface area (Å²) in [5, 5.41) is 0.797. The number of rotatable bonds is 5. The first-order chi connectivity index (χ1) is 6.74. The molecule has 78 valence electrons. The summed E-state index contributed by atoms with van der Waals surface area (Å²) in [6, 6.07) is 1.30. The molecule has 1 aromatic heterocycles. The maximum Gasteiger partial charge on any atom is 0.156 e. The van der Waals surface area contributed by atoms with E-state index in [-0.39, 0.29) is 5.82 Å². The van der Waals surface area contributed by atoms with Crippen LogP contribution in [0.25, 0.3) is 0 Å². The highest BCUT2D eigenvalue weighted by atomic mass is 35.5. The molecule has 0 aromatic carbocycles. The summed E-state index contributed by atoms with van der Waals surface area (Å²) >= 11 is 7.04. The van der Waals surface area contributed by atoms with E-state index in [4.69, 9.17) is 11.6 Å². The van der Waals surface area contributed by atoms with E-state index in [9.17, 15) is 4.39 Å². The van der Waals surface area contributed by atoms with E-state index in [2.05, 4.69) is 11.9 Å². The van der Waals surface area contributed by atoms with Crippen LogP contribution in [0.2, 0.25) is 5.02 Å². The average molecular weight is 234 g/mol. The van der Waals surface area contributed by atoms with Gasteiger partial charge in [-0.25, -0.2) is 9.37 Å². The standard InChI is InChI=1S/C10H13ClFNS/c1-2-3-4-5-14-10-9(12)6-8(11)7-13-10/h6-7H,2-5H2,1H3. The van der Waals surface area contributed by atoms with Crippen LogP contribution < -0.4 is 0 Å². The van der Waals surface area contributed by atoms with E-state index in [1.165, 1.54) is 36.9 Å². The van der Waals surface area contributed by atoms with Gasteiger partial charge in [0.25, 0.3) is 0 Å². The highest BCUT2D eigenvalue weighted by molar-refractivity contribution is 7.99. The minimum absolute atomic E-state index is 0.320. The normalized spacial score (nSPS) is 10.5. The van der Waals surface area contributed by atoms with E-state index in [0.717, 1.165) is 12.2 Å². The van der Waals surface area contributed by atoms with Crippen molar-refractivity contribution in [3.05, 3.63) is 23.1 Å². The SMILES string of the molecule is CCCCCSc1ncc(Cl)cc1F.